The third-order valence-electron chi connectivity index (χ3n) is 7.23. The van der Waals surface area contributed by atoms with Crippen LogP contribution in [-0.4, -0.2) is 37.3 Å². The zero-order valence-corrected chi connectivity index (χ0v) is 22.6. The van der Waals surface area contributed by atoms with Crippen molar-refractivity contribution >= 4 is 20.3 Å². The van der Waals surface area contributed by atoms with Crippen molar-refractivity contribution in [3.8, 4) is 6.07 Å². The Bertz CT molecular complexity index is 1250. The van der Waals surface area contributed by atoms with E-state index in [2.05, 4.69) is 99.5 Å². The molecule has 0 saturated carbocycles. The van der Waals surface area contributed by atoms with Gasteiger partial charge in [0.15, 0.2) is 0 Å². The third-order valence-corrected chi connectivity index (χ3v) is 13.7. The van der Waals surface area contributed by atoms with E-state index in [4.69, 9.17) is 5.26 Å². The number of rotatable bonds is 9. The van der Waals surface area contributed by atoms with Crippen LogP contribution in [0.15, 0.2) is 97.5 Å². The van der Waals surface area contributed by atoms with E-state index in [1.54, 1.807) is 0 Å². The second-order valence-electron chi connectivity index (χ2n) is 9.58. The maximum absolute atomic E-state index is 9.10. The Morgan fingerprint density at radius 3 is 2.25 bits per heavy atom. The number of aromatic nitrogens is 2. The van der Waals surface area contributed by atoms with Gasteiger partial charge in [-0.15, -0.1) is 0 Å². The number of imidazole rings is 1. The fraction of sp³-hybridized carbons (Fsp3) is 0.290. The summed E-state index contributed by atoms with van der Waals surface area (Å²) >= 11 is -1.16. The Labute approximate surface area is 219 Å². The summed E-state index contributed by atoms with van der Waals surface area (Å²) in [6.07, 6.45) is 7.85. The molecular weight excluding hydrogens is 503 g/mol. The molecule has 1 aliphatic rings. The van der Waals surface area contributed by atoms with Crippen molar-refractivity contribution in [2.24, 2.45) is 0 Å². The average molecular weight is 537 g/mol. The predicted octanol–water partition coefficient (Wildman–Crippen LogP) is 6.29. The zero-order valence-electron chi connectivity index (χ0n) is 20.7. The number of para-hydroxylation sites is 1. The van der Waals surface area contributed by atoms with Gasteiger partial charge in [-0.1, -0.05) is 0 Å². The topological polar surface area (TPSA) is 44.9 Å². The summed E-state index contributed by atoms with van der Waals surface area (Å²) < 4.78 is 3.18. The van der Waals surface area contributed by atoms with E-state index >= 15 is 0 Å². The second kappa shape index (κ2) is 12.1. The number of benzene rings is 3. The fourth-order valence-electron chi connectivity index (χ4n) is 5.15. The Balaban J connectivity index is 1.29. The third kappa shape index (κ3) is 6.28. The summed E-state index contributed by atoms with van der Waals surface area (Å²) in [5, 5.41) is 11.6. The van der Waals surface area contributed by atoms with E-state index in [0.29, 0.717) is 5.56 Å². The SMILES string of the molecule is N#Cc1ccc(Cn2cncc2C[As](CCc2ccccc2)C2CCN(c3ccccc3)CC2)cc1. The molecule has 1 atom stereocenters. The first-order chi connectivity index (χ1) is 17.8. The number of piperidine rings is 1. The molecule has 1 fully saturated rings. The number of aryl methyl sites for hydroxylation is 1. The normalized spacial score (nSPS) is 14.9. The molecule has 2 heterocycles. The molecule has 5 heteroatoms. The molecular formula is C31H33AsN4. The molecule has 4 aromatic rings. The number of hydrogen-bond donors (Lipinski definition) is 0. The molecule has 1 aliphatic heterocycles. The predicted molar refractivity (Wildman–Crippen MR) is 149 cm³/mol. The van der Waals surface area contributed by atoms with Crippen LogP contribution in [0.5, 0.6) is 0 Å². The maximum atomic E-state index is 9.10. The number of hydrogen-bond acceptors (Lipinski definition) is 3. The van der Waals surface area contributed by atoms with Gasteiger partial charge in [-0.05, 0) is 0 Å². The number of nitrogens with zero attached hydrogens (tertiary/aromatic N) is 4. The minimum atomic E-state index is -1.16. The summed E-state index contributed by atoms with van der Waals surface area (Å²) in [5.74, 6) is 0. The molecule has 3 aromatic carbocycles. The van der Waals surface area contributed by atoms with Crippen LogP contribution in [0.3, 0.4) is 0 Å². The van der Waals surface area contributed by atoms with Gasteiger partial charge in [0.05, 0.1) is 0 Å². The van der Waals surface area contributed by atoms with Crippen LogP contribution in [-0.2, 0) is 18.2 Å². The van der Waals surface area contributed by atoms with Crippen molar-refractivity contribution < 1.29 is 0 Å². The Hall–Kier alpha value is -3.28. The van der Waals surface area contributed by atoms with Crippen molar-refractivity contribution in [1.82, 2.24) is 9.55 Å². The molecule has 182 valence electrons. The van der Waals surface area contributed by atoms with E-state index in [9.17, 15) is 0 Å². The van der Waals surface area contributed by atoms with Gasteiger partial charge in [0.25, 0.3) is 0 Å². The molecule has 1 saturated heterocycles. The first-order valence-electron chi connectivity index (χ1n) is 12.8. The molecule has 4 nitrogen and oxygen atoms in total. The van der Waals surface area contributed by atoms with Gasteiger partial charge < -0.3 is 0 Å². The van der Waals surface area contributed by atoms with Gasteiger partial charge in [-0.25, -0.2) is 0 Å². The second-order valence-corrected chi connectivity index (χ2v) is 15.2. The van der Waals surface area contributed by atoms with Crippen molar-refractivity contribution in [1.29, 1.82) is 5.26 Å². The first-order valence-corrected chi connectivity index (χ1v) is 16.6. The Morgan fingerprint density at radius 2 is 1.56 bits per heavy atom. The molecule has 0 aliphatic carbocycles. The molecule has 0 bridgehead atoms. The Morgan fingerprint density at radius 1 is 0.861 bits per heavy atom. The standard InChI is InChI=1S/C31H33AsN4/c33-22-27-11-13-28(14-12-27)24-36-25-34-23-31(36)21-32(18-15-26-7-3-1-4-8-26)29-16-19-35(20-17-29)30-9-5-2-6-10-30/h1-14,23,25,29H,15-21,24H2. The van der Waals surface area contributed by atoms with Gasteiger partial charge in [0, 0.05) is 0 Å². The first kappa shape index (κ1) is 24.4. The van der Waals surface area contributed by atoms with Gasteiger partial charge in [-0.2, -0.15) is 0 Å². The van der Waals surface area contributed by atoms with Gasteiger partial charge >= 0.3 is 220 Å². The van der Waals surface area contributed by atoms with Gasteiger partial charge in [0.1, 0.15) is 0 Å². The van der Waals surface area contributed by atoms with Gasteiger partial charge in [-0.3, -0.25) is 0 Å². The molecule has 0 N–H and O–H groups in total. The summed E-state index contributed by atoms with van der Waals surface area (Å²) in [6.45, 7) is 3.14. The van der Waals surface area contributed by atoms with Crippen LogP contribution >= 0.6 is 0 Å². The molecule has 0 amide bonds. The summed E-state index contributed by atoms with van der Waals surface area (Å²) in [5.41, 5.74) is 6.12. The van der Waals surface area contributed by atoms with Crippen LogP contribution in [0.2, 0.25) is 9.91 Å². The molecule has 1 aromatic heterocycles. The van der Waals surface area contributed by atoms with Crippen molar-refractivity contribution in [2.75, 3.05) is 18.0 Å². The van der Waals surface area contributed by atoms with E-state index in [-0.39, 0.29) is 0 Å². The van der Waals surface area contributed by atoms with Crippen LogP contribution in [0, 0.1) is 11.3 Å². The van der Waals surface area contributed by atoms with Crippen LogP contribution < -0.4 is 4.90 Å². The molecule has 0 radical (unpaired) electrons. The molecule has 5 rings (SSSR count). The fourth-order valence-corrected chi connectivity index (χ4v) is 11.4. The minimum absolute atomic E-state index is 0.709. The van der Waals surface area contributed by atoms with E-state index in [1.165, 1.54) is 52.2 Å². The Kier molecular flexibility index (Phi) is 8.21. The van der Waals surface area contributed by atoms with E-state index < -0.39 is 14.7 Å². The van der Waals surface area contributed by atoms with E-state index in [0.717, 1.165) is 24.3 Å². The quantitative estimate of drug-likeness (QED) is 0.236. The van der Waals surface area contributed by atoms with Crippen LogP contribution in [0.4, 0.5) is 5.69 Å². The average Bonchev–Trinajstić information content (AvgIpc) is 3.39. The summed E-state index contributed by atoms with van der Waals surface area (Å²) in [4.78, 5) is 7.11. The van der Waals surface area contributed by atoms with E-state index in [1.807, 2.05) is 18.5 Å². The molecule has 0 spiro atoms. The van der Waals surface area contributed by atoms with Crippen molar-refractivity contribution in [3.05, 3.63) is 120 Å². The van der Waals surface area contributed by atoms with Crippen LogP contribution in [0.25, 0.3) is 0 Å². The molecule has 1 unspecified atom stereocenters. The summed E-state index contributed by atoms with van der Waals surface area (Å²) in [6, 6.07) is 32.0. The monoisotopic (exact) mass is 536 g/mol. The zero-order chi connectivity index (χ0) is 24.6. The number of anilines is 1. The van der Waals surface area contributed by atoms with Crippen molar-refractivity contribution in [2.45, 2.75) is 40.9 Å². The van der Waals surface area contributed by atoms with Gasteiger partial charge in [0.2, 0.25) is 0 Å². The van der Waals surface area contributed by atoms with Crippen molar-refractivity contribution in [3.63, 3.8) is 0 Å². The number of nitriles is 1. The van der Waals surface area contributed by atoms with Crippen LogP contribution in [0.1, 0.15) is 35.2 Å². The summed E-state index contributed by atoms with van der Waals surface area (Å²) in [7, 11) is 0. The molecule has 36 heavy (non-hydrogen) atoms.